The number of nitrogens with zero attached hydrogens (tertiary/aromatic N) is 2. The molecule has 1 aromatic carbocycles. The molecular formula is C14H22N4. The van der Waals surface area contributed by atoms with Crippen LogP contribution in [0.3, 0.4) is 0 Å². The number of imidazole rings is 1. The first kappa shape index (κ1) is 12.9. The Bertz CT molecular complexity index is 515. The van der Waals surface area contributed by atoms with E-state index in [0.29, 0.717) is 11.8 Å². The van der Waals surface area contributed by atoms with Gasteiger partial charge in [-0.05, 0) is 36.6 Å². The number of aryl methyl sites for hydroxylation is 1. The van der Waals surface area contributed by atoms with Crippen molar-refractivity contribution in [3.8, 4) is 0 Å². The molecule has 0 fully saturated rings. The van der Waals surface area contributed by atoms with Crippen molar-refractivity contribution in [2.24, 2.45) is 24.6 Å². The highest BCUT2D eigenvalue weighted by atomic mass is 15.0. The Hall–Kier alpha value is -1.55. The summed E-state index contributed by atoms with van der Waals surface area (Å²) < 4.78 is 2.02. The standard InChI is InChI=1S/C14H22N4/c1-10(2)11(7-15)8-16-12-4-5-14-13(6-12)17-9-18(14)3/h4-6,9-11,16H,7-8,15H2,1-3H3. The average molecular weight is 246 g/mol. The van der Waals surface area contributed by atoms with Crippen LogP contribution in [-0.4, -0.2) is 22.6 Å². The number of nitrogens with two attached hydrogens (primary N) is 1. The van der Waals surface area contributed by atoms with Crippen molar-refractivity contribution in [2.45, 2.75) is 13.8 Å². The quantitative estimate of drug-likeness (QED) is 0.850. The first-order valence-electron chi connectivity index (χ1n) is 6.47. The molecule has 4 heteroatoms. The maximum Gasteiger partial charge on any atom is 0.0955 e. The van der Waals surface area contributed by atoms with E-state index in [0.717, 1.165) is 29.8 Å². The minimum atomic E-state index is 0.504. The Morgan fingerprint density at radius 2 is 2.17 bits per heavy atom. The van der Waals surface area contributed by atoms with Crippen molar-refractivity contribution in [2.75, 3.05) is 18.4 Å². The summed E-state index contributed by atoms with van der Waals surface area (Å²) in [7, 11) is 2.01. The lowest BCUT2D eigenvalue weighted by atomic mass is 9.96. The highest BCUT2D eigenvalue weighted by Crippen LogP contribution is 2.18. The third kappa shape index (κ3) is 2.64. The van der Waals surface area contributed by atoms with Crippen molar-refractivity contribution in [3.63, 3.8) is 0 Å². The van der Waals surface area contributed by atoms with Crippen molar-refractivity contribution in [1.82, 2.24) is 9.55 Å². The molecule has 1 atom stereocenters. The molecule has 1 heterocycles. The molecule has 1 aromatic heterocycles. The molecule has 98 valence electrons. The second-order valence-corrected chi connectivity index (χ2v) is 5.18. The third-order valence-corrected chi connectivity index (χ3v) is 3.54. The number of anilines is 1. The second kappa shape index (κ2) is 5.40. The van der Waals surface area contributed by atoms with Gasteiger partial charge in [0.1, 0.15) is 0 Å². The Morgan fingerprint density at radius 1 is 1.39 bits per heavy atom. The summed E-state index contributed by atoms with van der Waals surface area (Å²) >= 11 is 0. The maximum absolute atomic E-state index is 5.78. The molecule has 4 nitrogen and oxygen atoms in total. The van der Waals surface area contributed by atoms with Gasteiger partial charge >= 0.3 is 0 Å². The van der Waals surface area contributed by atoms with Crippen LogP contribution in [0.4, 0.5) is 5.69 Å². The van der Waals surface area contributed by atoms with Crippen LogP contribution >= 0.6 is 0 Å². The number of rotatable bonds is 5. The van der Waals surface area contributed by atoms with Crippen LogP contribution in [-0.2, 0) is 7.05 Å². The predicted molar refractivity (Wildman–Crippen MR) is 76.6 cm³/mol. The lowest BCUT2D eigenvalue weighted by Crippen LogP contribution is -2.27. The van der Waals surface area contributed by atoms with Gasteiger partial charge in [-0.15, -0.1) is 0 Å². The van der Waals surface area contributed by atoms with Crippen LogP contribution in [0.15, 0.2) is 24.5 Å². The van der Waals surface area contributed by atoms with E-state index in [2.05, 4.69) is 42.3 Å². The highest BCUT2D eigenvalue weighted by Gasteiger charge is 2.11. The SMILES string of the molecule is CC(C)C(CN)CNc1ccc2c(c1)ncn2C. The molecule has 2 aromatic rings. The van der Waals surface area contributed by atoms with Gasteiger partial charge in [0.05, 0.1) is 17.4 Å². The minimum absolute atomic E-state index is 0.504. The Kier molecular flexibility index (Phi) is 3.87. The van der Waals surface area contributed by atoms with E-state index in [9.17, 15) is 0 Å². The van der Waals surface area contributed by atoms with Crippen LogP contribution in [0.25, 0.3) is 11.0 Å². The van der Waals surface area contributed by atoms with Crippen LogP contribution in [0, 0.1) is 11.8 Å². The monoisotopic (exact) mass is 246 g/mol. The molecule has 0 bridgehead atoms. The molecule has 2 rings (SSSR count). The third-order valence-electron chi connectivity index (χ3n) is 3.54. The van der Waals surface area contributed by atoms with Crippen molar-refractivity contribution >= 4 is 16.7 Å². The van der Waals surface area contributed by atoms with Gasteiger partial charge in [-0.1, -0.05) is 13.8 Å². The summed E-state index contributed by atoms with van der Waals surface area (Å²) in [5.41, 5.74) is 9.06. The summed E-state index contributed by atoms with van der Waals surface area (Å²) in [4.78, 5) is 4.36. The number of hydrogen-bond acceptors (Lipinski definition) is 3. The van der Waals surface area contributed by atoms with E-state index in [-0.39, 0.29) is 0 Å². The zero-order valence-electron chi connectivity index (χ0n) is 11.4. The van der Waals surface area contributed by atoms with Gasteiger partial charge in [0.25, 0.3) is 0 Å². The predicted octanol–water partition coefficient (Wildman–Crippen LogP) is 2.22. The van der Waals surface area contributed by atoms with E-state index in [1.54, 1.807) is 0 Å². The van der Waals surface area contributed by atoms with E-state index in [4.69, 9.17) is 5.73 Å². The summed E-state index contributed by atoms with van der Waals surface area (Å²) in [6.45, 7) is 6.05. The Balaban J connectivity index is 2.08. The molecule has 0 aliphatic heterocycles. The normalized spacial score (nSPS) is 13.2. The lowest BCUT2D eigenvalue weighted by molar-refractivity contribution is 0.413. The van der Waals surface area contributed by atoms with Gasteiger partial charge in [0, 0.05) is 19.3 Å². The molecule has 0 aliphatic rings. The van der Waals surface area contributed by atoms with Crippen molar-refractivity contribution < 1.29 is 0 Å². The zero-order chi connectivity index (χ0) is 13.1. The van der Waals surface area contributed by atoms with Crippen LogP contribution in [0.5, 0.6) is 0 Å². The van der Waals surface area contributed by atoms with E-state index >= 15 is 0 Å². The molecule has 0 saturated carbocycles. The average Bonchev–Trinajstić information content (AvgIpc) is 2.71. The fraction of sp³-hybridized carbons (Fsp3) is 0.500. The molecule has 0 amide bonds. The number of aromatic nitrogens is 2. The lowest BCUT2D eigenvalue weighted by Gasteiger charge is -2.19. The summed E-state index contributed by atoms with van der Waals surface area (Å²) in [5, 5.41) is 3.45. The molecular weight excluding hydrogens is 224 g/mol. The molecule has 0 saturated heterocycles. The van der Waals surface area contributed by atoms with Crippen LogP contribution < -0.4 is 11.1 Å². The fourth-order valence-electron chi connectivity index (χ4n) is 2.09. The van der Waals surface area contributed by atoms with E-state index in [1.807, 2.05) is 17.9 Å². The van der Waals surface area contributed by atoms with E-state index < -0.39 is 0 Å². The molecule has 0 radical (unpaired) electrons. The van der Waals surface area contributed by atoms with Gasteiger partial charge in [-0.3, -0.25) is 0 Å². The highest BCUT2D eigenvalue weighted by molar-refractivity contribution is 5.79. The molecule has 1 unspecified atom stereocenters. The minimum Gasteiger partial charge on any atom is -0.385 e. The molecule has 0 spiro atoms. The number of nitrogens with one attached hydrogen (secondary N) is 1. The van der Waals surface area contributed by atoms with Gasteiger partial charge in [0.2, 0.25) is 0 Å². The fourth-order valence-corrected chi connectivity index (χ4v) is 2.09. The van der Waals surface area contributed by atoms with Gasteiger partial charge in [-0.25, -0.2) is 4.98 Å². The van der Waals surface area contributed by atoms with Crippen LogP contribution in [0.2, 0.25) is 0 Å². The smallest absolute Gasteiger partial charge is 0.0955 e. The number of benzene rings is 1. The van der Waals surface area contributed by atoms with Crippen molar-refractivity contribution in [1.29, 1.82) is 0 Å². The Morgan fingerprint density at radius 3 is 2.83 bits per heavy atom. The molecule has 18 heavy (non-hydrogen) atoms. The zero-order valence-corrected chi connectivity index (χ0v) is 11.4. The van der Waals surface area contributed by atoms with E-state index in [1.165, 1.54) is 0 Å². The first-order chi connectivity index (χ1) is 8.61. The van der Waals surface area contributed by atoms with Gasteiger partial charge < -0.3 is 15.6 Å². The van der Waals surface area contributed by atoms with Gasteiger partial charge in [-0.2, -0.15) is 0 Å². The molecule has 3 N–H and O–H groups in total. The topological polar surface area (TPSA) is 55.9 Å². The maximum atomic E-state index is 5.78. The largest absolute Gasteiger partial charge is 0.385 e. The number of hydrogen-bond donors (Lipinski definition) is 2. The number of fused-ring (bicyclic) bond motifs is 1. The van der Waals surface area contributed by atoms with Gasteiger partial charge in [0.15, 0.2) is 0 Å². The second-order valence-electron chi connectivity index (χ2n) is 5.18. The summed E-state index contributed by atoms with van der Waals surface area (Å²) in [5.74, 6) is 1.10. The first-order valence-corrected chi connectivity index (χ1v) is 6.47. The molecule has 0 aliphatic carbocycles. The summed E-state index contributed by atoms with van der Waals surface area (Å²) in [6.07, 6.45) is 1.84. The summed E-state index contributed by atoms with van der Waals surface area (Å²) in [6, 6.07) is 6.28. The Labute approximate surface area is 108 Å². The van der Waals surface area contributed by atoms with Crippen molar-refractivity contribution in [3.05, 3.63) is 24.5 Å². The van der Waals surface area contributed by atoms with Crippen LogP contribution in [0.1, 0.15) is 13.8 Å².